The van der Waals surface area contributed by atoms with Gasteiger partial charge in [-0.05, 0) is 31.5 Å². The van der Waals surface area contributed by atoms with E-state index in [1.807, 2.05) is 0 Å². The van der Waals surface area contributed by atoms with Crippen molar-refractivity contribution in [2.24, 2.45) is 5.92 Å². The van der Waals surface area contributed by atoms with E-state index in [0.29, 0.717) is 5.56 Å². The number of rotatable bonds is 6. The van der Waals surface area contributed by atoms with E-state index in [4.69, 9.17) is 0 Å². The van der Waals surface area contributed by atoms with Crippen LogP contribution < -0.4 is 0 Å². The Hall–Kier alpha value is -2.11. The summed E-state index contributed by atoms with van der Waals surface area (Å²) >= 11 is 0. The van der Waals surface area contributed by atoms with Gasteiger partial charge in [0.1, 0.15) is 17.4 Å². The molecule has 0 saturated heterocycles. The molecule has 19 heavy (non-hydrogen) atoms. The van der Waals surface area contributed by atoms with Crippen molar-refractivity contribution in [3.63, 3.8) is 0 Å². The molecule has 102 valence electrons. The molecule has 0 aliphatic carbocycles. The molecule has 0 N–H and O–H groups in total. The van der Waals surface area contributed by atoms with Gasteiger partial charge in [0.05, 0.1) is 11.8 Å². The summed E-state index contributed by atoms with van der Waals surface area (Å²) < 4.78 is 12.9. The molecule has 0 aromatic heterocycles. The molecule has 0 amide bonds. The number of hydrogen-bond donors (Lipinski definition) is 0. The number of nitro groups is 1. The molecule has 1 atom stereocenters. The number of Topliss-reactive ketones (excluding diaryl/α,β-unsaturated/α-hetero) is 2. The van der Waals surface area contributed by atoms with E-state index < -0.39 is 40.7 Å². The van der Waals surface area contributed by atoms with Crippen molar-refractivity contribution in [1.82, 2.24) is 0 Å². The maximum absolute atomic E-state index is 12.9. The lowest BCUT2D eigenvalue weighted by molar-refractivity contribution is -0.484. The highest BCUT2D eigenvalue weighted by molar-refractivity contribution is 6.01. The third-order valence-corrected chi connectivity index (χ3v) is 2.92. The highest BCUT2D eigenvalue weighted by atomic mass is 19.1. The first-order valence-electron chi connectivity index (χ1n) is 5.71. The van der Waals surface area contributed by atoms with Crippen LogP contribution in [0.25, 0.3) is 0 Å². The number of hydrogen-bond acceptors (Lipinski definition) is 4. The van der Waals surface area contributed by atoms with Gasteiger partial charge in [-0.25, -0.2) is 4.39 Å². The standard InChI is InChI=1S/C13H14FNO4/c1-8(16)13(9(2)17)12(7-15(18)19)10-3-5-11(14)6-4-10/h3-6,12-13H,7H2,1-2H3/t12-/m0/s1. The fraction of sp³-hybridized carbons (Fsp3) is 0.385. The fourth-order valence-electron chi connectivity index (χ4n) is 2.13. The minimum atomic E-state index is -1.07. The quantitative estimate of drug-likeness (QED) is 0.448. The van der Waals surface area contributed by atoms with Crippen LogP contribution in [0.15, 0.2) is 24.3 Å². The molecule has 0 heterocycles. The van der Waals surface area contributed by atoms with Gasteiger partial charge in [-0.2, -0.15) is 0 Å². The van der Waals surface area contributed by atoms with Crippen LogP contribution >= 0.6 is 0 Å². The van der Waals surface area contributed by atoms with Crippen LogP contribution in [-0.4, -0.2) is 23.0 Å². The second-order valence-corrected chi connectivity index (χ2v) is 4.37. The SMILES string of the molecule is CC(=O)C(C(C)=O)[C@@H](C[N+](=O)[O-])c1ccc(F)cc1. The van der Waals surface area contributed by atoms with Crippen molar-refractivity contribution in [1.29, 1.82) is 0 Å². The van der Waals surface area contributed by atoms with Crippen LogP contribution in [0.1, 0.15) is 25.3 Å². The lowest BCUT2D eigenvalue weighted by Crippen LogP contribution is -2.31. The molecule has 1 aromatic carbocycles. The fourth-order valence-corrected chi connectivity index (χ4v) is 2.13. The van der Waals surface area contributed by atoms with E-state index in [1.165, 1.54) is 26.0 Å². The Morgan fingerprint density at radius 2 is 1.68 bits per heavy atom. The van der Waals surface area contributed by atoms with Gasteiger partial charge in [-0.3, -0.25) is 19.7 Å². The predicted octanol–water partition coefficient (Wildman–Crippen LogP) is 1.98. The molecule has 0 aliphatic rings. The van der Waals surface area contributed by atoms with Crippen molar-refractivity contribution in [3.05, 3.63) is 45.8 Å². The van der Waals surface area contributed by atoms with E-state index in [2.05, 4.69) is 0 Å². The summed E-state index contributed by atoms with van der Waals surface area (Å²) in [5.41, 5.74) is 0.411. The average Bonchev–Trinajstić information content (AvgIpc) is 2.27. The third-order valence-electron chi connectivity index (χ3n) is 2.92. The summed E-state index contributed by atoms with van der Waals surface area (Å²) in [7, 11) is 0. The first-order valence-corrected chi connectivity index (χ1v) is 5.71. The normalized spacial score (nSPS) is 12.2. The number of carbonyl (C=O) groups is 2. The first-order chi connectivity index (χ1) is 8.82. The Balaban J connectivity index is 3.19. The van der Waals surface area contributed by atoms with E-state index in [1.54, 1.807) is 0 Å². The van der Waals surface area contributed by atoms with Crippen molar-refractivity contribution >= 4 is 11.6 Å². The van der Waals surface area contributed by atoms with E-state index in [-0.39, 0.29) is 0 Å². The maximum Gasteiger partial charge on any atom is 0.211 e. The molecule has 0 fully saturated rings. The van der Waals surface area contributed by atoms with Gasteiger partial charge in [0, 0.05) is 4.92 Å². The zero-order valence-corrected chi connectivity index (χ0v) is 10.6. The number of halogens is 1. The van der Waals surface area contributed by atoms with Gasteiger partial charge in [0.25, 0.3) is 0 Å². The molecule has 0 bridgehead atoms. The lowest BCUT2D eigenvalue weighted by atomic mass is 9.81. The minimum Gasteiger partial charge on any atom is -0.299 e. The molecule has 0 radical (unpaired) electrons. The monoisotopic (exact) mass is 267 g/mol. The van der Waals surface area contributed by atoms with E-state index in [9.17, 15) is 24.1 Å². The number of benzene rings is 1. The van der Waals surface area contributed by atoms with Crippen LogP contribution in [0, 0.1) is 21.8 Å². The molecule has 0 spiro atoms. The molecule has 0 aliphatic heterocycles. The maximum atomic E-state index is 12.9. The molecule has 5 nitrogen and oxygen atoms in total. The van der Waals surface area contributed by atoms with Gasteiger partial charge < -0.3 is 0 Å². The van der Waals surface area contributed by atoms with E-state index in [0.717, 1.165) is 12.1 Å². The summed E-state index contributed by atoms with van der Waals surface area (Å²) in [5.74, 6) is -3.28. The molecule has 1 rings (SSSR count). The number of carbonyl (C=O) groups excluding carboxylic acids is 2. The summed E-state index contributed by atoms with van der Waals surface area (Å²) in [6, 6.07) is 5.03. The van der Waals surface area contributed by atoms with Crippen LogP contribution in [-0.2, 0) is 9.59 Å². The zero-order chi connectivity index (χ0) is 14.6. The van der Waals surface area contributed by atoms with Crippen molar-refractivity contribution in [2.45, 2.75) is 19.8 Å². The topological polar surface area (TPSA) is 77.3 Å². The van der Waals surface area contributed by atoms with Crippen molar-refractivity contribution in [2.75, 3.05) is 6.54 Å². The molecule has 1 aromatic rings. The molecule has 0 saturated carbocycles. The van der Waals surface area contributed by atoms with E-state index >= 15 is 0 Å². The highest BCUT2D eigenvalue weighted by Crippen LogP contribution is 2.27. The summed E-state index contributed by atoms with van der Waals surface area (Å²) in [5, 5.41) is 10.7. The largest absolute Gasteiger partial charge is 0.299 e. The Bertz CT molecular complexity index is 484. The van der Waals surface area contributed by atoms with Gasteiger partial charge in [-0.15, -0.1) is 0 Å². The Kier molecular flexibility index (Phi) is 4.86. The zero-order valence-electron chi connectivity index (χ0n) is 10.6. The second kappa shape index (κ2) is 6.17. The summed E-state index contributed by atoms with van der Waals surface area (Å²) in [6.07, 6.45) is 0. The average molecular weight is 267 g/mol. The van der Waals surface area contributed by atoms with Crippen LogP contribution in [0.4, 0.5) is 4.39 Å². The number of ketones is 2. The number of nitrogens with zero attached hydrogens (tertiary/aromatic N) is 1. The van der Waals surface area contributed by atoms with Crippen LogP contribution in [0.2, 0.25) is 0 Å². The molecular formula is C13H14FNO4. The van der Waals surface area contributed by atoms with Gasteiger partial charge in [0.15, 0.2) is 0 Å². The minimum absolute atomic E-state index is 0.411. The van der Waals surface area contributed by atoms with Crippen molar-refractivity contribution < 1.29 is 18.9 Å². The Morgan fingerprint density at radius 1 is 1.21 bits per heavy atom. The second-order valence-electron chi connectivity index (χ2n) is 4.37. The molecule has 6 heteroatoms. The lowest BCUT2D eigenvalue weighted by Gasteiger charge is -2.20. The Morgan fingerprint density at radius 3 is 2.05 bits per heavy atom. The first kappa shape index (κ1) is 14.9. The Labute approximate surface area is 109 Å². The van der Waals surface area contributed by atoms with Gasteiger partial charge in [0.2, 0.25) is 6.54 Å². The summed E-state index contributed by atoms with van der Waals surface area (Å²) in [4.78, 5) is 33.2. The van der Waals surface area contributed by atoms with Gasteiger partial charge in [-0.1, -0.05) is 12.1 Å². The molecular weight excluding hydrogens is 253 g/mol. The smallest absolute Gasteiger partial charge is 0.211 e. The third kappa shape index (κ3) is 3.94. The van der Waals surface area contributed by atoms with Crippen LogP contribution in [0.5, 0.6) is 0 Å². The van der Waals surface area contributed by atoms with Crippen LogP contribution in [0.3, 0.4) is 0 Å². The predicted molar refractivity (Wildman–Crippen MR) is 65.9 cm³/mol. The highest BCUT2D eigenvalue weighted by Gasteiger charge is 2.34. The van der Waals surface area contributed by atoms with Gasteiger partial charge >= 0.3 is 0 Å². The van der Waals surface area contributed by atoms with Crippen molar-refractivity contribution in [3.8, 4) is 0 Å². The summed E-state index contributed by atoms with van der Waals surface area (Å²) in [6.45, 7) is 1.90. The molecule has 0 unspecified atom stereocenters.